The molecule has 0 unspecified atom stereocenters. The number of hydrogen-bond acceptors (Lipinski definition) is 6. The Morgan fingerprint density at radius 2 is 1.85 bits per heavy atom. The molecule has 0 fully saturated rings. The van der Waals surface area contributed by atoms with Crippen molar-refractivity contribution in [3.8, 4) is 11.5 Å². The van der Waals surface area contributed by atoms with Gasteiger partial charge in [-0.25, -0.2) is 0 Å². The summed E-state index contributed by atoms with van der Waals surface area (Å²) in [6.45, 7) is 2.29. The minimum Gasteiger partial charge on any atom is -0.493 e. The van der Waals surface area contributed by atoms with Gasteiger partial charge in [-0.2, -0.15) is 0 Å². The summed E-state index contributed by atoms with van der Waals surface area (Å²) in [6.07, 6.45) is 0.317. The lowest BCUT2D eigenvalue weighted by atomic mass is 10.1. The second-order valence-corrected chi connectivity index (χ2v) is 6.76. The minimum absolute atomic E-state index is 0.0591. The van der Waals surface area contributed by atoms with E-state index in [0.29, 0.717) is 35.8 Å². The molecule has 0 atom stereocenters. The zero-order chi connectivity index (χ0) is 19.8. The Bertz CT molecular complexity index is 826. The van der Waals surface area contributed by atoms with Crippen LogP contribution in [-0.4, -0.2) is 37.3 Å². The molecule has 1 N–H and O–H groups in total. The van der Waals surface area contributed by atoms with Gasteiger partial charge >= 0.3 is 0 Å². The van der Waals surface area contributed by atoms with Crippen LogP contribution in [0, 0.1) is 17.0 Å². The molecule has 2 rings (SSSR count). The number of aryl methyl sites for hydroxylation is 1. The molecule has 0 saturated carbocycles. The highest BCUT2D eigenvalue weighted by Crippen LogP contribution is 2.34. The number of carbonyl (C=O) groups is 1. The first-order valence-corrected chi connectivity index (χ1v) is 9.29. The van der Waals surface area contributed by atoms with E-state index in [0.717, 1.165) is 10.5 Å². The van der Waals surface area contributed by atoms with Crippen molar-refractivity contribution in [1.82, 2.24) is 5.32 Å². The van der Waals surface area contributed by atoms with Crippen LogP contribution < -0.4 is 14.8 Å². The molecule has 27 heavy (non-hydrogen) atoms. The standard InChI is InChI=1S/C19H22N2O5S/c1-13-6-4-5-7-18(13)27-12-19(22)20-9-8-14-10-16(25-2)17(26-3)11-15(14)21(23)24/h4-7,10-11H,8-9,12H2,1-3H3,(H,20,22). The molecular formula is C19H22N2O5S. The van der Waals surface area contributed by atoms with Gasteiger partial charge in [-0.15, -0.1) is 11.8 Å². The molecule has 0 heterocycles. The van der Waals surface area contributed by atoms with Gasteiger partial charge in [0.05, 0.1) is 31.0 Å². The fourth-order valence-electron chi connectivity index (χ4n) is 2.53. The van der Waals surface area contributed by atoms with Crippen LogP contribution in [0.5, 0.6) is 11.5 Å². The molecule has 0 aromatic heterocycles. The summed E-state index contributed by atoms with van der Waals surface area (Å²) < 4.78 is 10.3. The summed E-state index contributed by atoms with van der Waals surface area (Å²) in [5.41, 5.74) is 1.54. The van der Waals surface area contributed by atoms with Crippen molar-refractivity contribution in [1.29, 1.82) is 0 Å². The zero-order valence-corrected chi connectivity index (χ0v) is 16.3. The first-order valence-electron chi connectivity index (χ1n) is 8.30. The summed E-state index contributed by atoms with van der Waals surface area (Å²) in [5.74, 6) is 0.885. The molecule has 0 radical (unpaired) electrons. The van der Waals surface area contributed by atoms with E-state index in [-0.39, 0.29) is 11.6 Å². The Morgan fingerprint density at radius 1 is 1.19 bits per heavy atom. The maximum Gasteiger partial charge on any atom is 0.276 e. The second kappa shape index (κ2) is 9.82. The van der Waals surface area contributed by atoms with E-state index >= 15 is 0 Å². The lowest BCUT2D eigenvalue weighted by molar-refractivity contribution is -0.385. The van der Waals surface area contributed by atoms with Crippen LogP contribution in [0.1, 0.15) is 11.1 Å². The van der Waals surface area contributed by atoms with E-state index in [1.807, 2.05) is 31.2 Å². The summed E-state index contributed by atoms with van der Waals surface area (Å²) in [5, 5.41) is 14.1. The number of carbonyl (C=O) groups excluding carboxylic acids is 1. The van der Waals surface area contributed by atoms with Crippen LogP contribution in [0.3, 0.4) is 0 Å². The normalized spacial score (nSPS) is 10.3. The Balaban J connectivity index is 1.95. The number of thioether (sulfide) groups is 1. The second-order valence-electron chi connectivity index (χ2n) is 5.75. The quantitative estimate of drug-likeness (QED) is 0.401. The van der Waals surface area contributed by atoms with Crippen molar-refractivity contribution in [2.75, 3.05) is 26.5 Å². The third-order valence-corrected chi connectivity index (χ3v) is 5.13. The van der Waals surface area contributed by atoms with Crippen molar-refractivity contribution in [2.45, 2.75) is 18.2 Å². The van der Waals surface area contributed by atoms with Gasteiger partial charge in [0.1, 0.15) is 0 Å². The Morgan fingerprint density at radius 3 is 2.48 bits per heavy atom. The molecule has 0 bridgehead atoms. The molecular weight excluding hydrogens is 368 g/mol. The number of benzene rings is 2. The molecule has 0 saturated heterocycles. The monoisotopic (exact) mass is 390 g/mol. The number of nitrogens with one attached hydrogen (secondary N) is 1. The van der Waals surface area contributed by atoms with Crippen LogP contribution in [0.2, 0.25) is 0 Å². The molecule has 2 aromatic rings. The fraction of sp³-hybridized carbons (Fsp3) is 0.316. The SMILES string of the molecule is COc1cc(CCNC(=O)CSc2ccccc2C)c([N+](=O)[O-])cc1OC. The largest absolute Gasteiger partial charge is 0.493 e. The summed E-state index contributed by atoms with van der Waals surface area (Å²) in [6, 6.07) is 10.8. The Kier molecular flexibility index (Phi) is 7.48. The smallest absolute Gasteiger partial charge is 0.276 e. The molecule has 8 heteroatoms. The number of nitro groups is 1. The van der Waals surface area contributed by atoms with Gasteiger partial charge in [-0.3, -0.25) is 14.9 Å². The lowest BCUT2D eigenvalue weighted by Gasteiger charge is -2.11. The number of ether oxygens (including phenoxy) is 2. The van der Waals surface area contributed by atoms with E-state index < -0.39 is 4.92 Å². The van der Waals surface area contributed by atoms with Crippen LogP contribution >= 0.6 is 11.8 Å². The maximum absolute atomic E-state index is 12.0. The highest BCUT2D eigenvalue weighted by molar-refractivity contribution is 8.00. The van der Waals surface area contributed by atoms with E-state index in [9.17, 15) is 14.9 Å². The molecule has 144 valence electrons. The maximum atomic E-state index is 12.0. The minimum atomic E-state index is -0.465. The molecule has 1 amide bonds. The zero-order valence-electron chi connectivity index (χ0n) is 15.5. The average molecular weight is 390 g/mol. The number of nitro benzene ring substituents is 1. The number of amides is 1. The molecule has 0 aliphatic heterocycles. The van der Waals surface area contributed by atoms with Crippen molar-refractivity contribution in [3.63, 3.8) is 0 Å². The number of hydrogen-bond donors (Lipinski definition) is 1. The summed E-state index contributed by atoms with van der Waals surface area (Å²) >= 11 is 1.46. The van der Waals surface area contributed by atoms with Crippen LogP contribution in [0.25, 0.3) is 0 Å². The van der Waals surface area contributed by atoms with Gasteiger partial charge in [0.15, 0.2) is 11.5 Å². The van der Waals surface area contributed by atoms with Gasteiger partial charge in [0, 0.05) is 17.0 Å². The van der Waals surface area contributed by atoms with Crippen LogP contribution in [-0.2, 0) is 11.2 Å². The Labute approximate surface area is 162 Å². The van der Waals surface area contributed by atoms with E-state index in [4.69, 9.17) is 9.47 Å². The van der Waals surface area contributed by atoms with Gasteiger partial charge in [0.25, 0.3) is 5.69 Å². The van der Waals surface area contributed by atoms with Crippen LogP contribution in [0.4, 0.5) is 5.69 Å². The van der Waals surface area contributed by atoms with Gasteiger partial charge < -0.3 is 14.8 Å². The molecule has 7 nitrogen and oxygen atoms in total. The molecule has 0 aliphatic carbocycles. The summed E-state index contributed by atoms with van der Waals surface area (Å²) in [7, 11) is 2.89. The summed E-state index contributed by atoms with van der Waals surface area (Å²) in [4.78, 5) is 23.9. The van der Waals surface area contributed by atoms with Crippen molar-refractivity contribution >= 4 is 23.4 Å². The number of methoxy groups -OCH3 is 2. The average Bonchev–Trinajstić information content (AvgIpc) is 2.66. The van der Waals surface area contributed by atoms with E-state index in [1.54, 1.807) is 6.07 Å². The van der Waals surface area contributed by atoms with Gasteiger partial charge in [0.2, 0.25) is 5.91 Å². The van der Waals surface area contributed by atoms with Crippen molar-refractivity contribution < 1.29 is 19.2 Å². The van der Waals surface area contributed by atoms with Crippen molar-refractivity contribution in [2.24, 2.45) is 0 Å². The van der Waals surface area contributed by atoms with E-state index in [1.165, 1.54) is 32.0 Å². The topological polar surface area (TPSA) is 90.7 Å². The first kappa shape index (κ1) is 20.6. The van der Waals surface area contributed by atoms with Gasteiger partial charge in [-0.05, 0) is 31.0 Å². The molecule has 0 aliphatic rings. The fourth-order valence-corrected chi connectivity index (χ4v) is 3.39. The predicted molar refractivity (Wildman–Crippen MR) is 105 cm³/mol. The predicted octanol–water partition coefficient (Wildman–Crippen LogP) is 3.37. The van der Waals surface area contributed by atoms with Crippen molar-refractivity contribution in [3.05, 3.63) is 57.6 Å². The number of rotatable bonds is 9. The van der Waals surface area contributed by atoms with Gasteiger partial charge in [-0.1, -0.05) is 18.2 Å². The molecule has 0 spiro atoms. The lowest BCUT2D eigenvalue weighted by Crippen LogP contribution is -2.27. The number of nitrogens with zero attached hydrogens (tertiary/aromatic N) is 1. The third kappa shape index (κ3) is 5.62. The molecule has 2 aromatic carbocycles. The first-order chi connectivity index (χ1) is 13.0. The van der Waals surface area contributed by atoms with Crippen LogP contribution in [0.15, 0.2) is 41.3 Å². The Hall–Kier alpha value is -2.74. The van der Waals surface area contributed by atoms with E-state index in [2.05, 4.69) is 5.32 Å². The highest BCUT2D eigenvalue weighted by Gasteiger charge is 2.19. The third-order valence-electron chi connectivity index (χ3n) is 3.95. The highest BCUT2D eigenvalue weighted by atomic mass is 32.2.